The second-order valence-electron chi connectivity index (χ2n) is 2.94. The van der Waals surface area contributed by atoms with Gasteiger partial charge in [0.1, 0.15) is 5.75 Å². The van der Waals surface area contributed by atoms with Crippen LogP contribution in [0, 0.1) is 0 Å². The van der Waals surface area contributed by atoms with Crippen molar-refractivity contribution in [2.24, 2.45) is 0 Å². The third-order valence-corrected chi connectivity index (χ3v) is 2.99. The molecule has 1 aromatic heterocycles. The van der Waals surface area contributed by atoms with Crippen LogP contribution >= 0.6 is 0 Å². The van der Waals surface area contributed by atoms with Gasteiger partial charge < -0.3 is 0 Å². The quantitative estimate of drug-likeness (QED) is 0.738. The van der Waals surface area contributed by atoms with Gasteiger partial charge in [-0.3, -0.25) is 4.68 Å². The van der Waals surface area contributed by atoms with Gasteiger partial charge in [0.15, 0.2) is 0 Å². The Bertz CT molecular complexity index is 384. The highest BCUT2D eigenvalue weighted by molar-refractivity contribution is 7.88. The van der Waals surface area contributed by atoms with Crippen LogP contribution in [0.4, 0.5) is 0 Å². The Kier molecular flexibility index (Phi) is 3.59. The molecule has 0 aromatic carbocycles. The lowest BCUT2D eigenvalue weighted by molar-refractivity contribution is 0.578. The molecule has 0 saturated heterocycles. The first-order chi connectivity index (χ1) is 6.57. The van der Waals surface area contributed by atoms with E-state index in [1.54, 1.807) is 10.9 Å². The monoisotopic (exact) mass is 218 g/mol. The molecule has 0 aliphatic heterocycles. The second-order valence-corrected chi connectivity index (χ2v) is 4.86. The minimum Gasteiger partial charge on any atom is -0.252 e. The molecule has 0 atom stereocenters. The molecule has 1 aromatic rings. The molecule has 6 nitrogen and oxygen atoms in total. The Morgan fingerprint density at radius 1 is 1.57 bits per heavy atom. The van der Waals surface area contributed by atoms with Crippen LogP contribution in [0.2, 0.25) is 0 Å². The van der Waals surface area contributed by atoms with Crippen molar-refractivity contribution in [3.63, 3.8) is 0 Å². The lowest BCUT2D eigenvalue weighted by Crippen LogP contribution is -2.20. The summed E-state index contributed by atoms with van der Waals surface area (Å²) in [5, 5.41) is 7.56. The fourth-order valence-corrected chi connectivity index (χ4v) is 1.68. The van der Waals surface area contributed by atoms with Gasteiger partial charge in [-0.25, -0.2) is 13.1 Å². The summed E-state index contributed by atoms with van der Waals surface area (Å²) >= 11 is 0. The topological polar surface area (TPSA) is 76.9 Å². The van der Waals surface area contributed by atoms with Crippen molar-refractivity contribution in [1.29, 1.82) is 0 Å². The van der Waals surface area contributed by atoms with Crippen LogP contribution in [0.1, 0.15) is 19.0 Å². The molecule has 0 unspecified atom stereocenters. The molecule has 1 rings (SSSR count). The first-order valence-corrected chi connectivity index (χ1v) is 6.03. The third kappa shape index (κ3) is 3.08. The van der Waals surface area contributed by atoms with Gasteiger partial charge in [-0.2, -0.15) is 0 Å². The number of aryl methyl sites for hydroxylation is 1. The highest BCUT2D eigenvalue weighted by Gasteiger charge is 2.11. The molecule has 0 aliphatic rings. The summed E-state index contributed by atoms with van der Waals surface area (Å²) in [6.45, 7) is 2.78. The second kappa shape index (κ2) is 4.52. The maximum absolute atomic E-state index is 11.1. The number of nitrogens with zero attached hydrogens (tertiary/aromatic N) is 3. The van der Waals surface area contributed by atoms with Crippen molar-refractivity contribution in [2.75, 3.05) is 7.05 Å². The zero-order valence-electron chi connectivity index (χ0n) is 8.27. The summed E-state index contributed by atoms with van der Waals surface area (Å²) in [5.41, 5.74) is 0.466. The van der Waals surface area contributed by atoms with Gasteiger partial charge in [0.25, 0.3) is 0 Å². The fraction of sp³-hybridized carbons (Fsp3) is 0.714. The highest BCUT2D eigenvalue weighted by atomic mass is 32.2. The molecule has 0 saturated carbocycles. The number of nitrogens with one attached hydrogen (secondary N) is 1. The molecule has 0 amide bonds. The molecule has 0 bridgehead atoms. The Balaban J connectivity index is 2.69. The van der Waals surface area contributed by atoms with E-state index in [0.29, 0.717) is 5.69 Å². The molecular weight excluding hydrogens is 204 g/mol. The summed E-state index contributed by atoms with van der Waals surface area (Å²) < 4.78 is 26.2. The zero-order chi connectivity index (χ0) is 10.6. The van der Waals surface area contributed by atoms with Crippen molar-refractivity contribution in [1.82, 2.24) is 19.7 Å². The molecule has 80 valence electrons. The normalized spacial score (nSPS) is 11.9. The zero-order valence-corrected chi connectivity index (χ0v) is 9.08. The summed E-state index contributed by atoms with van der Waals surface area (Å²) in [6, 6.07) is 0. The van der Waals surface area contributed by atoms with Gasteiger partial charge in [-0.05, 0) is 13.5 Å². The van der Waals surface area contributed by atoms with E-state index in [2.05, 4.69) is 15.0 Å². The minimum atomic E-state index is -3.24. The predicted molar refractivity (Wildman–Crippen MR) is 52.0 cm³/mol. The van der Waals surface area contributed by atoms with Crippen LogP contribution in [0.25, 0.3) is 0 Å². The SMILES string of the molecule is CCCn1cc(CS(=O)(=O)NC)nn1. The van der Waals surface area contributed by atoms with E-state index in [4.69, 9.17) is 0 Å². The number of hydrogen-bond acceptors (Lipinski definition) is 4. The van der Waals surface area contributed by atoms with E-state index < -0.39 is 10.0 Å². The van der Waals surface area contributed by atoms with Crippen LogP contribution in [0.15, 0.2) is 6.20 Å². The van der Waals surface area contributed by atoms with Gasteiger partial charge in [0, 0.05) is 12.7 Å². The van der Waals surface area contributed by atoms with E-state index in [1.807, 2.05) is 6.92 Å². The number of rotatable bonds is 5. The Morgan fingerprint density at radius 2 is 2.29 bits per heavy atom. The van der Waals surface area contributed by atoms with Crippen molar-refractivity contribution in [3.05, 3.63) is 11.9 Å². The van der Waals surface area contributed by atoms with Crippen LogP contribution in [0.5, 0.6) is 0 Å². The van der Waals surface area contributed by atoms with Gasteiger partial charge >= 0.3 is 0 Å². The lowest BCUT2D eigenvalue weighted by atomic mass is 10.5. The summed E-state index contributed by atoms with van der Waals surface area (Å²) in [6.07, 6.45) is 2.60. The molecule has 0 spiro atoms. The largest absolute Gasteiger partial charge is 0.252 e. The fourth-order valence-electron chi connectivity index (χ4n) is 1.01. The molecule has 0 fully saturated rings. The molecular formula is C7H14N4O2S. The molecule has 1 N–H and O–H groups in total. The summed E-state index contributed by atoms with van der Waals surface area (Å²) in [7, 11) is -1.86. The first kappa shape index (κ1) is 11.1. The Labute approximate surface area is 83.4 Å². The maximum atomic E-state index is 11.1. The lowest BCUT2D eigenvalue weighted by Gasteiger charge is -1.97. The van der Waals surface area contributed by atoms with Crippen molar-refractivity contribution in [3.8, 4) is 0 Å². The van der Waals surface area contributed by atoms with Crippen LogP contribution in [0.3, 0.4) is 0 Å². The van der Waals surface area contributed by atoms with Gasteiger partial charge in [-0.1, -0.05) is 12.1 Å². The van der Waals surface area contributed by atoms with Gasteiger partial charge in [-0.15, -0.1) is 5.10 Å². The standard InChI is InChI=1S/C7H14N4O2S/c1-3-4-11-5-7(9-10-11)6-14(12,13)8-2/h5,8H,3-4,6H2,1-2H3. The molecule has 0 radical (unpaired) electrons. The number of hydrogen-bond donors (Lipinski definition) is 1. The van der Waals surface area contributed by atoms with E-state index in [9.17, 15) is 8.42 Å². The van der Waals surface area contributed by atoms with Gasteiger partial charge in [0.2, 0.25) is 10.0 Å². The summed E-state index contributed by atoms with van der Waals surface area (Å²) in [4.78, 5) is 0. The number of sulfonamides is 1. The summed E-state index contributed by atoms with van der Waals surface area (Å²) in [5.74, 6) is -0.118. The van der Waals surface area contributed by atoms with E-state index in [1.165, 1.54) is 7.05 Å². The molecule has 0 aliphatic carbocycles. The first-order valence-electron chi connectivity index (χ1n) is 4.37. The third-order valence-electron chi connectivity index (χ3n) is 1.69. The smallest absolute Gasteiger partial charge is 0.217 e. The minimum absolute atomic E-state index is 0.118. The molecule has 14 heavy (non-hydrogen) atoms. The average Bonchev–Trinajstić information content (AvgIpc) is 2.53. The average molecular weight is 218 g/mol. The van der Waals surface area contributed by atoms with Crippen LogP contribution in [-0.4, -0.2) is 30.5 Å². The Hall–Kier alpha value is -0.950. The van der Waals surface area contributed by atoms with E-state index in [-0.39, 0.29) is 5.75 Å². The van der Waals surface area contributed by atoms with Crippen LogP contribution < -0.4 is 4.72 Å². The van der Waals surface area contributed by atoms with Crippen molar-refractivity contribution < 1.29 is 8.42 Å². The molecule has 7 heteroatoms. The van der Waals surface area contributed by atoms with Gasteiger partial charge in [0.05, 0.1) is 5.69 Å². The van der Waals surface area contributed by atoms with Crippen LogP contribution in [-0.2, 0) is 22.3 Å². The van der Waals surface area contributed by atoms with Crippen molar-refractivity contribution >= 4 is 10.0 Å². The van der Waals surface area contributed by atoms with E-state index >= 15 is 0 Å². The van der Waals surface area contributed by atoms with Crippen molar-refractivity contribution in [2.45, 2.75) is 25.6 Å². The maximum Gasteiger partial charge on any atom is 0.217 e. The molecule has 1 heterocycles. The number of aromatic nitrogens is 3. The van der Waals surface area contributed by atoms with E-state index in [0.717, 1.165) is 13.0 Å². The Morgan fingerprint density at radius 3 is 2.86 bits per heavy atom. The predicted octanol–water partition coefficient (Wildman–Crippen LogP) is -0.263. The highest BCUT2D eigenvalue weighted by Crippen LogP contribution is 1.99.